The minimum Gasteiger partial charge on any atom is -0.308 e. The van der Waals surface area contributed by atoms with Crippen LogP contribution in [0.5, 0.6) is 0 Å². The standard InChI is InChI=1S/C11H19N3/c1-8(2)10-6-13-14(3)11(10)7-12-9-4-5-9/h6,8-9,12H,4-5,7H2,1-3H3. The van der Waals surface area contributed by atoms with E-state index < -0.39 is 0 Å². The van der Waals surface area contributed by atoms with Gasteiger partial charge in [-0.25, -0.2) is 0 Å². The van der Waals surface area contributed by atoms with Crippen LogP contribution in [-0.4, -0.2) is 15.8 Å². The summed E-state index contributed by atoms with van der Waals surface area (Å²) in [6.45, 7) is 5.41. The lowest BCUT2D eigenvalue weighted by molar-refractivity contribution is 0.615. The summed E-state index contributed by atoms with van der Waals surface area (Å²) >= 11 is 0. The Kier molecular flexibility index (Phi) is 2.59. The van der Waals surface area contributed by atoms with Crippen LogP contribution in [0, 0.1) is 0 Å². The summed E-state index contributed by atoms with van der Waals surface area (Å²) in [7, 11) is 2.02. The van der Waals surface area contributed by atoms with E-state index in [1.807, 2.05) is 17.9 Å². The topological polar surface area (TPSA) is 29.9 Å². The third kappa shape index (κ3) is 1.98. The molecular weight excluding hydrogens is 174 g/mol. The van der Waals surface area contributed by atoms with Gasteiger partial charge in [0.25, 0.3) is 0 Å². The highest BCUT2D eigenvalue weighted by Crippen LogP contribution is 2.22. The second-order valence-electron chi connectivity index (χ2n) is 4.48. The lowest BCUT2D eigenvalue weighted by Gasteiger charge is -2.09. The van der Waals surface area contributed by atoms with Crippen LogP contribution in [0.1, 0.15) is 43.9 Å². The van der Waals surface area contributed by atoms with Gasteiger partial charge in [-0.1, -0.05) is 13.8 Å². The van der Waals surface area contributed by atoms with Crippen molar-refractivity contribution in [3.05, 3.63) is 17.5 Å². The largest absolute Gasteiger partial charge is 0.308 e. The molecule has 0 spiro atoms. The summed E-state index contributed by atoms with van der Waals surface area (Å²) in [5.41, 5.74) is 2.72. The van der Waals surface area contributed by atoms with Crippen LogP contribution in [0.15, 0.2) is 6.20 Å². The molecule has 0 saturated heterocycles. The van der Waals surface area contributed by atoms with Gasteiger partial charge in [0, 0.05) is 19.6 Å². The van der Waals surface area contributed by atoms with E-state index in [1.54, 1.807) is 0 Å². The smallest absolute Gasteiger partial charge is 0.0553 e. The van der Waals surface area contributed by atoms with Gasteiger partial charge in [0.15, 0.2) is 0 Å². The van der Waals surface area contributed by atoms with Crippen molar-refractivity contribution in [2.75, 3.05) is 0 Å². The Morgan fingerprint density at radius 3 is 2.86 bits per heavy atom. The van der Waals surface area contributed by atoms with Crippen molar-refractivity contribution in [1.82, 2.24) is 15.1 Å². The molecule has 0 radical (unpaired) electrons. The van der Waals surface area contributed by atoms with E-state index in [1.165, 1.54) is 24.1 Å². The number of nitrogens with zero attached hydrogens (tertiary/aromatic N) is 2. The van der Waals surface area contributed by atoms with Gasteiger partial charge in [-0.3, -0.25) is 4.68 Å². The van der Waals surface area contributed by atoms with Gasteiger partial charge >= 0.3 is 0 Å². The minimum atomic E-state index is 0.569. The van der Waals surface area contributed by atoms with E-state index in [9.17, 15) is 0 Å². The summed E-state index contributed by atoms with van der Waals surface area (Å²) in [5, 5.41) is 7.85. The number of hydrogen-bond acceptors (Lipinski definition) is 2. The first-order chi connectivity index (χ1) is 6.68. The maximum Gasteiger partial charge on any atom is 0.0553 e. The van der Waals surface area contributed by atoms with E-state index >= 15 is 0 Å². The maximum absolute atomic E-state index is 4.31. The van der Waals surface area contributed by atoms with E-state index in [-0.39, 0.29) is 0 Å². The fraction of sp³-hybridized carbons (Fsp3) is 0.727. The molecule has 3 nitrogen and oxygen atoms in total. The Bertz CT molecular complexity index is 310. The molecule has 1 N–H and O–H groups in total. The molecule has 78 valence electrons. The average Bonchev–Trinajstić information content (AvgIpc) is 2.87. The third-order valence-electron chi connectivity index (χ3n) is 2.85. The molecule has 1 aromatic heterocycles. The molecule has 1 aromatic rings. The van der Waals surface area contributed by atoms with Crippen molar-refractivity contribution < 1.29 is 0 Å². The van der Waals surface area contributed by atoms with Crippen molar-refractivity contribution in [2.45, 2.75) is 45.2 Å². The van der Waals surface area contributed by atoms with Crippen LogP contribution >= 0.6 is 0 Å². The van der Waals surface area contributed by atoms with Gasteiger partial charge < -0.3 is 5.32 Å². The van der Waals surface area contributed by atoms with Crippen molar-refractivity contribution in [3.63, 3.8) is 0 Å². The summed E-state index contributed by atoms with van der Waals surface area (Å²) in [6, 6.07) is 0.768. The molecule has 3 heteroatoms. The molecule has 1 aliphatic rings. The average molecular weight is 193 g/mol. The first kappa shape index (κ1) is 9.71. The first-order valence-electron chi connectivity index (χ1n) is 5.42. The van der Waals surface area contributed by atoms with E-state index in [4.69, 9.17) is 0 Å². The van der Waals surface area contributed by atoms with E-state index in [2.05, 4.69) is 24.3 Å². The lowest BCUT2D eigenvalue weighted by Crippen LogP contribution is -2.18. The molecule has 2 rings (SSSR count). The van der Waals surface area contributed by atoms with Crippen molar-refractivity contribution >= 4 is 0 Å². The molecule has 14 heavy (non-hydrogen) atoms. The predicted octanol–water partition coefficient (Wildman–Crippen LogP) is 1.80. The number of rotatable bonds is 4. The first-order valence-corrected chi connectivity index (χ1v) is 5.42. The zero-order valence-electron chi connectivity index (χ0n) is 9.25. The number of hydrogen-bond donors (Lipinski definition) is 1. The molecule has 1 aliphatic carbocycles. The molecule has 0 unspecified atom stereocenters. The number of nitrogens with one attached hydrogen (secondary N) is 1. The third-order valence-corrected chi connectivity index (χ3v) is 2.85. The second-order valence-corrected chi connectivity index (χ2v) is 4.48. The molecule has 1 saturated carbocycles. The Morgan fingerprint density at radius 2 is 2.29 bits per heavy atom. The van der Waals surface area contributed by atoms with Gasteiger partial charge in [0.1, 0.15) is 0 Å². The molecule has 0 bridgehead atoms. The summed E-state index contributed by atoms with van der Waals surface area (Å²) in [5.74, 6) is 0.569. The quantitative estimate of drug-likeness (QED) is 0.790. The number of aromatic nitrogens is 2. The Morgan fingerprint density at radius 1 is 1.57 bits per heavy atom. The van der Waals surface area contributed by atoms with Gasteiger partial charge in [-0.05, 0) is 24.3 Å². The normalized spacial score (nSPS) is 16.6. The van der Waals surface area contributed by atoms with Crippen LogP contribution in [0.25, 0.3) is 0 Å². The van der Waals surface area contributed by atoms with Crippen molar-refractivity contribution in [1.29, 1.82) is 0 Å². The second kappa shape index (κ2) is 3.73. The molecule has 1 fully saturated rings. The Hall–Kier alpha value is -0.830. The summed E-state index contributed by atoms with van der Waals surface area (Å²) in [4.78, 5) is 0. The van der Waals surface area contributed by atoms with Gasteiger partial charge in [-0.15, -0.1) is 0 Å². The van der Waals surface area contributed by atoms with E-state index in [0.29, 0.717) is 5.92 Å². The maximum atomic E-state index is 4.31. The van der Waals surface area contributed by atoms with Gasteiger partial charge in [-0.2, -0.15) is 5.10 Å². The molecule has 0 amide bonds. The highest BCUT2D eigenvalue weighted by molar-refractivity contribution is 5.21. The van der Waals surface area contributed by atoms with Gasteiger partial charge in [0.2, 0.25) is 0 Å². The number of aryl methyl sites for hydroxylation is 1. The predicted molar refractivity (Wildman–Crippen MR) is 57.2 cm³/mol. The van der Waals surface area contributed by atoms with Gasteiger partial charge in [0.05, 0.1) is 11.9 Å². The van der Waals surface area contributed by atoms with Crippen LogP contribution in [0.2, 0.25) is 0 Å². The molecule has 0 atom stereocenters. The van der Waals surface area contributed by atoms with Crippen LogP contribution in [0.4, 0.5) is 0 Å². The SMILES string of the molecule is CC(C)c1cnn(C)c1CNC1CC1. The zero-order valence-corrected chi connectivity index (χ0v) is 9.25. The molecular formula is C11H19N3. The van der Waals surface area contributed by atoms with Crippen molar-refractivity contribution in [3.8, 4) is 0 Å². The minimum absolute atomic E-state index is 0.569. The molecule has 0 aliphatic heterocycles. The Labute approximate surface area is 85.5 Å². The molecule has 1 heterocycles. The fourth-order valence-corrected chi connectivity index (χ4v) is 1.71. The summed E-state index contributed by atoms with van der Waals surface area (Å²) in [6.07, 6.45) is 4.68. The van der Waals surface area contributed by atoms with E-state index in [0.717, 1.165) is 12.6 Å². The zero-order chi connectivity index (χ0) is 10.1. The molecule has 0 aromatic carbocycles. The lowest BCUT2D eigenvalue weighted by atomic mass is 10.0. The fourth-order valence-electron chi connectivity index (χ4n) is 1.71. The highest BCUT2D eigenvalue weighted by atomic mass is 15.3. The monoisotopic (exact) mass is 193 g/mol. The van der Waals surface area contributed by atoms with Crippen LogP contribution in [-0.2, 0) is 13.6 Å². The highest BCUT2D eigenvalue weighted by Gasteiger charge is 2.21. The van der Waals surface area contributed by atoms with Crippen LogP contribution < -0.4 is 5.32 Å². The van der Waals surface area contributed by atoms with Crippen molar-refractivity contribution in [2.24, 2.45) is 7.05 Å². The summed E-state index contributed by atoms with van der Waals surface area (Å²) < 4.78 is 1.99. The van der Waals surface area contributed by atoms with Crippen LogP contribution in [0.3, 0.4) is 0 Å². The Balaban J connectivity index is 2.07.